The Morgan fingerprint density at radius 2 is 2.20 bits per heavy atom. The lowest BCUT2D eigenvalue weighted by Gasteiger charge is -2.21. The minimum absolute atomic E-state index is 0.705. The highest BCUT2D eigenvalue weighted by Gasteiger charge is 2.27. The average molecular weight is 203 g/mol. The fraction of sp³-hybridized carbons (Fsp3) is 0.571. The van der Waals surface area contributed by atoms with Gasteiger partial charge in [0.05, 0.1) is 0 Å². The first-order valence-electron chi connectivity index (χ1n) is 6.11. The van der Waals surface area contributed by atoms with Gasteiger partial charge in [0.25, 0.3) is 0 Å². The molecular weight excluding hydrogens is 182 g/mol. The molecule has 1 aromatic rings. The Kier molecular flexibility index (Phi) is 3.42. The maximum absolute atomic E-state index is 3.61. The Morgan fingerprint density at radius 3 is 2.93 bits per heavy atom. The lowest BCUT2D eigenvalue weighted by atomic mass is 9.93. The average Bonchev–Trinajstić information content (AvgIpc) is 2.66. The van der Waals surface area contributed by atoms with Crippen LogP contribution < -0.4 is 5.32 Å². The number of rotatable bonds is 3. The van der Waals surface area contributed by atoms with Crippen LogP contribution in [-0.4, -0.2) is 12.6 Å². The van der Waals surface area contributed by atoms with Crippen molar-refractivity contribution in [3.63, 3.8) is 0 Å². The van der Waals surface area contributed by atoms with Crippen LogP contribution in [-0.2, 0) is 0 Å². The van der Waals surface area contributed by atoms with E-state index in [9.17, 15) is 0 Å². The third-order valence-corrected chi connectivity index (χ3v) is 3.45. The van der Waals surface area contributed by atoms with Crippen LogP contribution in [0.5, 0.6) is 0 Å². The third kappa shape index (κ3) is 2.40. The second-order valence-corrected chi connectivity index (χ2v) is 4.62. The monoisotopic (exact) mass is 203 g/mol. The standard InChI is InChI=1S/C14H21N/c1-3-15-14-9-5-8-13(14)12-7-4-6-11(2)10-12/h4,6-7,10,13-15H,3,5,8-9H2,1-2H3. The topological polar surface area (TPSA) is 12.0 Å². The third-order valence-electron chi connectivity index (χ3n) is 3.45. The van der Waals surface area contributed by atoms with Crippen molar-refractivity contribution in [2.45, 2.75) is 45.1 Å². The molecule has 0 bridgehead atoms. The Labute approximate surface area is 92.9 Å². The normalized spacial score (nSPS) is 25.7. The largest absolute Gasteiger partial charge is 0.314 e. The van der Waals surface area contributed by atoms with E-state index < -0.39 is 0 Å². The molecule has 1 aliphatic carbocycles. The lowest BCUT2D eigenvalue weighted by Crippen LogP contribution is -2.30. The fourth-order valence-electron chi connectivity index (χ4n) is 2.77. The second-order valence-electron chi connectivity index (χ2n) is 4.62. The predicted octanol–water partition coefficient (Wildman–Crippen LogP) is 3.24. The van der Waals surface area contributed by atoms with Crippen LogP contribution in [0.2, 0.25) is 0 Å². The summed E-state index contributed by atoms with van der Waals surface area (Å²) in [6.45, 7) is 5.47. The zero-order valence-electron chi connectivity index (χ0n) is 9.79. The molecule has 0 aromatic heterocycles. The molecule has 0 saturated heterocycles. The zero-order chi connectivity index (χ0) is 10.7. The summed E-state index contributed by atoms with van der Waals surface area (Å²) in [5.74, 6) is 0.741. The summed E-state index contributed by atoms with van der Waals surface area (Å²) in [5, 5.41) is 3.61. The second kappa shape index (κ2) is 4.80. The van der Waals surface area contributed by atoms with Gasteiger partial charge in [0.15, 0.2) is 0 Å². The molecule has 15 heavy (non-hydrogen) atoms. The van der Waals surface area contributed by atoms with Gasteiger partial charge in [-0.05, 0) is 37.8 Å². The number of hydrogen-bond acceptors (Lipinski definition) is 1. The molecule has 2 unspecified atom stereocenters. The van der Waals surface area contributed by atoms with Gasteiger partial charge in [0.2, 0.25) is 0 Å². The lowest BCUT2D eigenvalue weighted by molar-refractivity contribution is 0.492. The van der Waals surface area contributed by atoms with Crippen molar-refractivity contribution in [2.24, 2.45) is 0 Å². The number of aryl methyl sites for hydroxylation is 1. The molecule has 0 aliphatic heterocycles. The van der Waals surface area contributed by atoms with E-state index >= 15 is 0 Å². The van der Waals surface area contributed by atoms with Gasteiger partial charge in [-0.2, -0.15) is 0 Å². The Bertz CT molecular complexity index is 319. The minimum Gasteiger partial charge on any atom is -0.314 e. The summed E-state index contributed by atoms with van der Waals surface area (Å²) in [6.07, 6.45) is 4.06. The van der Waals surface area contributed by atoms with E-state index in [1.54, 1.807) is 0 Å². The molecule has 0 amide bonds. The molecule has 82 valence electrons. The highest BCUT2D eigenvalue weighted by molar-refractivity contribution is 5.27. The van der Waals surface area contributed by atoms with Gasteiger partial charge >= 0.3 is 0 Å². The van der Waals surface area contributed by atoms with Gasteiger partial charge in [0.1, 0.15) is 0 Å². The quantitative estimate of drug-likeness (QED) is 0.795. The maximum atomic E-state index is 3.61. The highest BCUT2D eigenvalue weighted by Crippen LogP contribution is 2.34. The van der Waals surface area contributed by atoms with Crippen LogP contribution in [0.1, 0.15) is 43.2 Å². The Hall–Kier alpha value is -0.820. The van der Waals surface area contributed by atoms with Crippen LogP contribution in [0.15, 0.2) is 24.3 Å². The smallest absolute Gasteiger partial charge is 0.0136 e. The van der Waals surface area contributed by atoms with E-state index in [1.807, 2.05) is 0 Å². The Balaban J connectivity index is 2.15. The molecule has 2 atom stereocenters. The molecule has 0 heterocycles. The molecule has 2 rings (SSSR count). The summed E-state index contributed by atoms with van der Waals surface area (Å²) in [5.41, 5.74) is 2.91. The number of nitrogens with one attached hydrogen (secondary N) is 1. The van der Waals surface area contributed by atoms with Gasteiger partial charge in [-0.15, -0.1) is 0 Å². The molecule has 1 aliphatic rings. The molecule has 0 radical (unpaired) electrons. The Morgan fingerprint density at radius 1 is 1.33 bits per heavy atom. The molecule has 0 spiro atoms. The van der Waals surface area contributed by atoms with Crippen molar-refractivity contribution in [3.05, 3.63) is 35.4 Å². The summed E-state index contributed by atoms with van der Waals surface area (Å²) in [4.78, 5) is 0. The van der Waals surface area contributed by atoms with Crippen LogP contribution in [0.3, 0.4) is 0 Å². The van der Waals surface area contributed by atoms with Crippen LogP contribution in [0.4, 0.5) is 0 Å². The molecule has 1 heteroatoms. The first kappa shape index (κ1) is 10.7. The maximum Gasteiger partial charge on any atom is 0.0136 e. The van der Waals surface area contributed by atoms with E-state index in [-0.39, 0.29) is 0 Å². The van der Waals surface area contributed by atoms with Crippen molar-refractivity contribution in [1.29, 1.82) is 0 Å². The summed E-state index contributed by atoms with van der Waals surface area (Å²) in [6, 6.07) is 9.71. The SMILES string of the molecule is CCNC1CCCC1c1cccc(C)c1. The van der Waals surface area contributed by atoms with E-state index in [2.05, 4.69) is 43.4 Å². The van der Waals surface area contributed by atoms with Crippen molar-refractivity contribution < 1.29 is 0 Å². The van der Waals surface area contributed by atoms with Crippen molar-refractivity contribution in [2.75, 3.05) is 6.54 Å². The van der Waals surface area contributed by atoms with Gasteiger partial charge < -0.3 is 5.32 Å². The molecular formula is C14H21N. The predicted molar refractivity (Wildman–Crippen MR) is 65.2 cm³/mol. The van der Waals surface area contributed by atoms with Crippen LogP contribution in [0, 0.1) is 6.92 Å². The number of likely N-dealkylation sites (N-methyl/N-ethyl adjacent to an activating group) is 1. The molecule has 1 aromatic carbocycles. The van der Waals surface area contributed by atoms with Crippen molar-refractivity contribution in [3.8, 4) is 0 Å². The summed E-state index contributed by atoms with van der Waals surface area (Å²) >= 11 is 0. The number of benzene rings is 1. The fourth-order valence-corrected chi connectivity index (χ4v) is 2.77. The first-order chi connectivity index (χ1) is 7.31. The van der Waals surface area contributed by atoms with Gasteiger partial charge in [0, 0.05) is 6.04 Å². The van der Waals surface area contributed by atoms with E-state index in [0.29, 0.717) is 6.04 Å². The van der Waals surface area contributed by atoms with E-state index in [4.69, 9.17) is 0 Å². The zero-order valence-corrected chi connectivity index (χ0v) is 9.79. The van der Waals surface area contributed by atoms with Gasteiger partial charge in [-0.1, -0.05) is 43.2 Å². The summed E-state index contributed by atoms with van der Waals surface area (Å²) in [7, 11) is 0. The van der Waals surface area contributed by atoms with Gasteiger partial charge in [-0.3, -0.25) is 0 Å². The van der Waals surface area contributed by atoms with Crippen molar-refractivity contribution in [1.82, 2.24) is 5.32 Å². The van der Waals surface area contributed by atoms with Gasteiger partial charge in [-0.25, -0.2) is 0 Å². The van der Waals surface area contributed by atoms with E-state index in [0.717, 1.165) is 12.5 Å². The van der Waals surface area contributed by atoms with Crippen LogP contribution >= 0.6 is 0 Å². The van der Waals surface area contributed by atoms with Crippen molar-refractivity contribution >= 4 is 0 Å². The highest BCUT2D eigenvalue weighted by atomic mass is 14.9. The molecule has 1 nitrogen and oxygen atoms in total. The minimum atomic E-state index is 0.705. The molecule has 1 N–H and O–H groups in total. The van der Waals surface area contributed by atoms with Crippen LogP contribution in [0.25, 0.3) is 0 Å². The molecule has 1 saturated carbocycles. The van der Waals surface area contributed by atoms with E-state index in [1.165, 1.54) is 30.4 Å². The first-order valence-corrected chi connectivity index (χ1v) is 6.11. The molecule has 1 fully saturated rings. The summed E-state index contributed by atoms with van der Waals surface area (Å²) < 4.78 is 0. The number of hydrogen-bond donors (Lipinski definition) is 1.